The zero-order valence-corrected chi connectivity index (χ0v) is 11.0. The normalized spacial score (nSPS) is 10.3. The van der Waals surface area contributed by atoms with Crippen LogP contribution in [0.2, 0.25) is 0 Å². The average molecular weight is 261 g/mol. The van der Waals surface area contributed by atoms with Gasteiger partial charge in [-0.2, -0.15) is 0 Å². The van der Waals surface area contributed by atoms with Gasteiger partial charge in [0.05, 0.1) is 5.69 Å². The van der Waals surface area contributed by atoms with Gasteiger partial charge in [-0.15, -0.1) is 11.3 Å². The molecule has 0 amide bonds. The minimum absolute atomic E-state index is 0.0570. The molecule has 0 radical (unpaired) electrons. The molecule has 0 unspecified atom stereocenters. The highest BCUT2D eigenvalue weighted by Gasteiger charge is 2.04. The molecule has 0 saturated carbocycles. The Bertz CT molecular complexity index is 551. The van der Waals surface area contributed by atoms with E-state index in [1.165, 1.54) is 11.3 Å². The highest BCUT2D eigenvalue weighted by atomic mass is 32.1. The summed E-state index contributed by atoms with van der Waals surface area (Å²) in [7, 11) is 0. The molecule has 0 aliphatic carbocycles. The van der Waals surface area contributed by atoms with Crippen molar-refractivity contribution in [3.8, 4) is 0 Å². The molecule has 94 valence electrons. The first-order valence-electron chi connectivity index (χ1n) is 5.71. The van der Waals surface area contributed by atoms with Gasteiger partial charge >= 0.3 is 0 Å². The standard InChI is InChI=1S/C13H15N3OS/c1-9(17)10-3-2-4-11(7-10)15-13-16-12(5-6-14)8-18-13/h2-4,7-8H,5-6,14H2,1H3,(H,15,16). The second-order valence-electron chi connectivity index (χ2n) is 3.94. The van der Waals surface area contributed by atoms with Crippen LogP contribution in [0.25, 0.3) is 0 Å². The minimum Gasteiger partial charge on any atom is -0.332 e. The molecule has 0 fully saturated rings. The van der Waals surface area contributed by atoms with Crippen LogP contribution in [-0.4, -0.2) is 17.3 Å². The maximum Gasteiger partial charge on any atom is 0.187 e. The van der Waals surface area contributed by atoms with Crippen LogP contribution in [0.1, 0.15) is 23.0 Å². The number of aromatic nitrogens is 1. The molecule has 0 saturated heterocycles. The summed E-state index contributed by atoms with van der Waals surface area (Å²) in [6.45, 7) is 2.16. The van der Waals surface area contributed by atoms with Crippen molar-refractivity contribution in [1.29, 1.82) is 0 Å². The largest absolute Gasteiger partial charge is 0.332 e. The molecule has 2 aromatic rings. The van der Waals surface area contributed by atoms with Gasteiger partial charge in [-0.3, -0.25) is 4.79 Å². The molecule has 3 N–H and O–H groups in total. The Hall–Kier alpha value is -1.72. The number of anilines is 2. The lowest BCUT2D eigenvalue weighted by Gasteiger charge is -2.03. The van der Waals surface area contributed by atoms with Gasteiger partial charge in [-0.05, 0) is 25.6 Å². The van der Waals surface area contributed by atoms with Gasteiger partial charge < -0.3 is 11.1 Å². The van der Waals surface area contributed by atoms with E-state index in [0.717, 1.165) is 22.9 Å². The third-order valence-corrected chi connectivity index (χ3v) is 3.28. The molecule has 0 atom stereocenters. The number of rotatable bonds is 5. The third-order valence-electron chi connectivity index (χ3n) is 2.47. The van der Waals surface area contributed by atoms with Crippen LogP contribution in [0.4, 0.5) is 10.8 Å². The number of nitrogens with two attached hydrogens (primary N) is 1. The monoisotopic (exact) mass is 261 g/mol. The lowest BCUT2D eigenvalue weighted by Crippen LogP contribution is -2.02. The Morgan fingerprint density at radius 3 is 3.06 bits per heavy atom. The van der Waals surface area contributed by atoms with E-state index in [9.17, 15) is 4.79 Å². The van der Waals surface area contributed by atoms with Crippen LogP contribution < -0.4 is 11.1 Å². The first kappa shape index (κ1) is 12.7. The summed E-state index contributed by atoms with van der Waals surface area (Å²) >= 11 is 1.54. The number of nitrogens with one attached hydrogen (secondary N) is 1. The predicted molar refractivity (Wildman–Crippen MR) is 74.6 cm³/mol. The van der Waals surface area contributed by atoms with Crippen LogP contribution in [0.5, 0.6) is 0 Å². The van der Waals surface area contributed by atoms with Gasteiger partial charge in [0.15, 0.2) is 10.9 Å². The van der Waals surface area contributed by atoms with Crippen molar-refractivity contribution in [2.75, 3.05) is 11.9 Å². The van der Waals surface area contributed by atoms with E-state index >= 15 is 0 Å². The molecule has 0 spiro atoms. The Morgan fingerprint density at radius 1 is 1.50 bits per heavy atom. The van der Waals surface area contributed by atoms with Crippen molar-refractivity contribution in [1.82, 2.24) is 4.98 Å². The molecule has 4 nitrogen and oxygen atoms in total. The molecular weight excluding hydrogens is 246 g/mol. The number of ketones is 1. The Balaban J connectivity index is 2.12. The maximum absolute atomic E-state index is 11.3. The quantitative estimate of drug-likeness (QED) is 0.812. The number of nitrogens with zero attached hydrogens (tertiary/aromatic N) is 1. The summed E-state index contributed by atoms with van der Waals surface area (Å²) in [5.74, 6) is 0.0570. The van der Waals surface area contributed by atoms with Crippen LogP contribution >= 0.6 is 11.3 Å². The van der Waals surface area contributed by atoms with Crippen molar-refractivity contribution in [2.45, 2.75) is 13.3 Å². The van der Waals surface area contributed by atoms with Gasteiger partial charge in [0.1, 0.15) is 0 Å². The third kappa shape index (κ3) is 3.15. The fourth-order valence-electron chi connectivity index (χ4n) is 1.57. The molecule has 18 heavy (non-hydrogen) atoms. The highest BCUT2D eigenvalue weighted by molar-refractivity contribution is 7.13. The van der Waals surface area contributed by atoms with Crippen molar-refractivity contribution >= 4 is 27.9 Å². The van der Waals surface area contributed by atoms with E-state index in [1.54, 1.807) is 13.0 Å². The van der Waals surface area contributed by atoms with E-state index in [1.807, 2.05) is 23.6 Å². The van der Waals surface area contributed by atoms with Crippen LogP contribution in [0.15, 0.2) is 29.6 Å². The van der Waals surface area contributed by atoms with Crippen LogP contribution in [0, 0.1) is 0 Å². The summed E-state index contributed by atoms with van der Waals surface area (Å²) in [4.78, 5) is 15.7. The zero-order valence-electron chi connectivity index (χ0n) is 10.1. The van der Waals surface area contributed by atoms with Gasteiger partial charge in [-0.1, -0.05) is 12.1 Å². The van der Waals surface area contributed by atoms with Crippen molar-refractivity contribution < 1.29 is 4.79 Å². The SMILES string of the molecule is CC(=O)c1cccc(Nc2nc(CCN)cs2)c1. The van der Waals surface area contributed by atoms with Crippen LogP contribution in [0.3, 0.4) is 0 Å². The summed E-state index contributed by atoms with van der Waals surface area (Å²) in [5.41, 5.74) is 8.04. The molecule has 0 aliphatic rings. The Labute approximate surface area is 110 Å². The van der Waals surface area contributed by atoms with Crippen molar-refractivity contribution in [2.24, 2.45) is 5.73 Å². The Kier molecular flexibility index (Phi) is 4.07. The first-order chi connectivity index (χ1) is 8.69. The molecule has 1 aromatic carbocycles. The molecule has 2 rings (SSSR count). The fraction of sp³-hybridized carbons (Fsp3) is 0.231. The fourth-order valence-corrected chi connectivity index (χ4v) is 2.33. The number of carbonyl (C=O) groups is 1. The summed E-state index contributed by atoms with van der Waals surface area (Å²) in [5, 5.41) is 6.00. The van der Waals surface area contributed by atoms with Gasteiger partial charge in [0.2, 0.25) is 0 Å². The van der Waals surface area contributed by atoms with E-state index in [-0.39, 0.29) is 5.78 Å². The minimum atomic E-state index is 0.0570. The first-order valence-corrected chi connectivity index (χ1v) is 6.59. The number of carbonyl (C=O) groups excluding carboxylic acids is 1. The lowest BCUT2D eigenvalue weighted by atomic mass is 10.1. The predicted octanol–water partition coefficient (Wildman–Crippen LogP) is 2.59. The molecule has 0 bridgehead atoms. The lowest BCUT2D eigenvalue weighted by molar-refractivity contribution is 0.101. The maximum atomic E-state index is 11.3. The molecule has 1 heterocycles. The number of hydrogen-bond acceptors (Lipinski definition) is 5. The number of thiazole rings is 1. The molecular formula is C13H15N3OS. The van der Waals surface area contributed by atoms with Crippen molar-refractivity contribution in [3.05, 3.63) is 40.9 Å². The summed E-state index contributed by atoms with van der Waals surface area (Å²) in [6, 6.07) is 7.39. The molecule has 1 aromatic heterocycles. The second kappa shape index (κ2) is 5.75. The van der Waals surface area contributed by atoms with E-state index < -0.39 is 0 Å². The second-order valence-corrected chi connectivity index (χ2v) is 4.80. The molecule has 5 heteroatoms. The smallest absolute Gasteiger partial charge is 0.187 e. The summed E-state index contributed by atoms with van der Waals surface area (Å²) < 4.78 is 0. The number of Topliss-reactive ketones (excluding diaryl/α,β-unsaturated/α-hetero) is 1. The van der Waals surface area contributed by atoms with Gasteiger partial charge in [-0.25, -0.2) is 4.98 Å². The van der Waals surface area contributed by atoms with E-state index in [0.29, 0.717) is 12.1 Å². The average Bonchev–Trinajstić information content (AvgIpc) is 2.77. The van der Waals surface area contributed by atoms with Gasteiger partial charge in [0.25, 0.3) is 0 Å². The highest BCUT2D eigenvalue weighted by Crippen LogP contribution is 2.21. The Morgan fingerprint density at radius 2 is 2.33 bits per heavy atom. The zero-order chi connectivity index (χ0) is 13.0. The van der Waals surface area contributed by atoms with E-state index in [4.69, 9.17) is 5.73 Å². The van der Waals surface area contributed by atoms with Crippen LogP contribution in [-0.2, 0) is 6.42 Å². The van der Waals surface area contributed by atoms with E-state index in [2.05, 4.69) is 10.3 Å². The number of hydrogen-bond donors (Lipinski definition) is 2. The van der Waals surface area contributed by atoms with Gasteiger partial charge in [0, 0.05) is 23.1 Å². The molecule has 0 aliphatic heterocycles. The van der Waals surface area contributed by atoms with Crippen molar-refractivity contribution in [3.63, 3.8) is 0 Å². The topological polar surface area (TPSA) is 68.0 Å². The number of benzene rings is 1. The summed E-state index contributed by atoms with van der Waals surface area (Å²) in [6.07, 6.45) is 0.783.